The maximum absolute atomic E-state index is 11.2. The summed E-state index contributed by atoms with van der Waals surface area (Å²) in [5.74, 6) is -1.16. The highest BCUT2D eigenvalue weighted by molar-refractivity contribution is 5.95. The van der Waals surface area contributed by atoms with Gasteiger partial charge in [-0.3, -0.25) is 10.1 Å². The van der Waals surface area contributed by atoms with Crippen molar-refractivity contribution in [3.63, 3.8) is 0 Å². The van der Waals surface area contributed by atoms with Gasteiger partial charge < -0.3 is 10.0 Å². The van der Waals surface area contributed by atoms with Gasteiger partial charge in [0.25, 0.3) is 5.69 Å². The Labute approximate surface area is 116 Å². The van der Waals surface area contributed by atoms with Crippen LogP contribution in [0, 0.1) is 21.4 Å². The summed E-state index contributed by atoms with van der Waals surface area (Å²) in [7, 11) is 0. The van der Waals surface area contributed by atoms with Crippen molar-refractivity contribution in [3.8, 4) is 6.07 Å². The zero-order chi connectivity index (χ0) is 15.3. The van der Waals surface area contributed by atoms with E-state index >= 15 is 0 Å². The Bertz CT molecular complexity index is 563. The van der Waals surface area contributed by atoms with Gasteiger partial charge >= 0.3 is 5.97 Å². The van der Waals surface area contributed by atoms with Crippen molar-refractivity contribution >= 4 is 17.3 Å². The van der Waals surface area contributed by atoms with Crippen molar-refractivity contribution < 1.29 is 14.8 Å². The fourth-order valence-corrected chi connectivity index (χ4v) is 1.88. The molecule has 0 spiro atoms. The lowest BCUT2D eigenvalue weighted by atomic mass is 10.1. The van der Waals surface area contributed by atoms with Gasteiger partial charge in [0.05, 0.1) is 28.7 Å². The molecule has 0 atom stereocenters. The van der Waals surface area contributed by atoms with E-state index < -0.39 is 10.9 Å². The van der Waals surface area contributed by atoms with E-state index in [1.54, 1.807) is 4.90 Å². The number of nitro benzene ring substituents is 1. The number of non-ortho nitro benzene ring substituents is 1. The number of anilines is 1. The summed E-state index contributed by atoms with van der Waals surface area (Å²) in [5, 5.41) is 28.7. The molecule has 0 amide bonds. The van der Waals surface area contributed by atoms with E-state index in [0.29, 0.717) is 6.54 Å². The Morgan fingerprint density at radius 2 is 2.20 bits per heavy atom. The van der Waals surface area contributed by atoms with Gasteiger partial charge in [0.2, 0.25) is 0 Å². The van der Waals surface area contributed by atoms with E-state index in [0.717, 1.165) is 6.07 Å². The van der Waals surface area contributed by atoms with Crippen LogP contribution >= 0.6 is 0 Å². The van der Waals surface area contributed by atoms with Crippen LogP contribution in [-0.4, -0.2) is 28.6 Å². The number of carbonyl (C=O) groups is 1. The number of nitrogens with zero attached hydrogens (tertiary/aromatic N) is 3. The molecule has 1 aromatic carbocycles. The Kier molecular flexibility index (Phi) is 5.03. The van der Waals surface area contributed by atoms with Crippen LogP contribution < -0.4 is 4.90 Å². The first-order valence-electron chi connectivity index (χ1n) is 6.03. The fraction of sp³-hybridized carbons (Fsp3) is 0.385. The molecule has 106 valence electrons. The lowest BCUT2D eigenvalue weighted by Gasteiger charge is -2.29. The van der Waals surface area contributed by atoms with Crippen molar-refractivity contribution in [2.24, 2.45) is 0 Å². The summed E-state index contributed by atoms with van der Waals surface area (Å²) >= 11 is 0. The smallest absolute Gasteiger partial charge is 0.337 e. The summed E-state index contributed by atoms with van der Waals surface area (Å²) in [4.78, 5) is 23.2. The first kappa shape index (κ1) is 15.4. The van der Waals surface area contributed by atoms with E-state index in [9.17, 15) is 20.0 Å². The average Bonchev–Trinajstić information content (AvgIpc) is 2.38. The van der Waals surface area contributed by atoms with E-state index in [2.05, 4.69) is 0 Å². The third-order valence-corrected chi connectivity index (χ3v) is 2.82. The number of nitriles is 1. The van der Waals surface area contributed by atoms with Crippen LogP contribution in [0.15, 0.2) is 18.2 Å². The number of benzene rings is 1. The number of rotatable bonds is 6. The van der Waals surface area contributed by atoms with E-state index in [4.69, 9.17) is 5.26 Å². The van der Waals surface area contributed by atoms with Gasteiger partial charge in [-0.05, 0) is 19.9 Å². The normalized spacial score (nSPS) is 10.1. The van der Waals surface area contributed by atoms with Gasteiger partial charge in [0.1, 0.15) is 0 Å². The molecule has 0 fully saturated rings. The lowest BCUT2D eigenvalue weighted by molar-refractivity contribution is -0.384. The number of carboxylic acid groups (broad SMARTS) is 1. The van der Waals surface area contributed by atoms with Crippen LogP contribution in [0.25, 0.3) is 0 Å². The SMILES string of the molecule is CC(C)N(CCC#N)c1cc([N+](=O)[O-])ccc1C(=O)O. The Hall–Kier alpha value is -2.62. The molecule has 0 radical (unpaired) electrons. The van der Waals surface area contributed by atoms with Crippen molar-refractivity contribution in [2.45, 2.75) is 26.3 Å². The minimum Gasteiger partial charge on any atom is -0.478 e. The molecule has 0 aliphatic heterocycles. The first-order chi connectivity index (χ1) is 9.38. The molecule has 1 aromatic rings. The van der Waals surface area contributed by atoms with Crippen LogP contribution in [0.5, 0.6) is 0 Å². The van der Waals surface area contributed by atoms with Gasteiger partial charge in [0, 0.05) is 24.7 Å². The fourth-order valence-electron chi connectivity index (χ4n) is 1.88. The Balaban J connectivity index is 3.35. The molecule has 0 saturated carbocycles. The zero-order valence-corrected chi connectivity index (χ0v) is 11.2. The molecular weight excluding hydrogens is 262 g/mol. The molecule has 0 aromatic heterocycles. The first-order valence-corrected chi connectivity index (χ1v) is 6.03. The van der Waals surface area contributed by atoms with Crippen molar-refractivity contribution in [3.05, 3.63) is 33.9 Å². The third-order valence-electron chi connectivity index (χ3n) is 2.82. The molecule has 1 N–H and O–H groups in total. The van der Waals surface area contributed by atoms with Crippen LogP contribution in [0.4, 0.5) is 11.4 Å². The molecule has 7 nitrogen and oxygen atoms in total. The number of carboxylic acids is 1. The molecule has 7 heteroatoms. The maximum Gasteiger partial charge on any atom is 0.337 e. The maximum atomic E-state index is 11.2. The topological polar surface area (TPSA) is 107 Å². The minimum atomic E-state index is -1.16. The molecule has 0 heterocycles. The molecule has 20 heavy (non-hydrogen) atoms. The molecule has 0 unspecified atom stereocenters. The molecule has 0 aliphatic rings. The number of aromatic carboxylic acids is 1. The largest absolute Gasteiger partial charge is 0.478 e. The molecule has 1 rings (SSSR count). The summed E-state index contributed by atoms with van der Waals surface area (Å²) in [6.45, 7) is 3.99. The third kappa shape index (κ3) is 3.45. The van der Waals surface area contributed by atoms with Crippen molar-refractivity contribution in [2.75, 3.05) is 11.4 Å². The van der Waals surface area contributed by atoms with E-state index in [1.165, 1.54) is 12.1 Å². The van der Waals surface area contributed by atoms with Gasteiger partial charge in [-0.2, -0.15) is 5.26 Å². The second-order valence-corrected chi connectivity index (χ2v) is 4.46. The van der Waals surface area contributed by atoms with Crippen LogP contribution in [0.1, 0.15) is 30.6 Å². The molecule has 0 aliphatic carbocycles. The molecule has 0 saturated heterocycles. The van der Waals surface area contributed by atoms with E-state index in [-0.39, 0.29) is 29.4 Å². The lowest BCUT2D eigenvalue weighted by Crippen LogP contribution is -2.33. The van der Waals surface area contributed by atoms with E-state index in [1.807, 2.05) is 19.9 Å². The monoisotopic (exact) mass is 277 g/mol. The number of hydrogen-bond donors (Lipinski definition) is 1. The van der Waals surface area contributed by atoms with Gasteiger partial charge in [-0.1, -0.05) is 0 Å². The zero-order valence-electron chi connectivity index (χ0n) is 11.2. The highest BCUT2D eigenvalue weighted by Crippen LogP contribution is 2.28. The minimum absolute atomic E-state index is 0.0118. The quantitative estimate of drug-likeness (QED) is 0.632. The van der Waals surface area contributed by atoms with Crippen LogP contribution in [0.3, 0.4) is 0 Å². The Morgan fingerprint density at radius 1 is 1.55 bits per heavy atom. The van der Waals surface area contributed by atoms with Gasteiger partial charge in [-0.15, -0.1) is 0 Å². The standard InChI is InChI=1S/C13H15N3O4/c1-9(2)15(7-3-6-14)12-8-10(16(19)20)4-5-11(12)13(17)18/h4-5,8-9H,3,7H2,1-2H3,(H,17,18). The van der Waals surface area contributed by atoms with Crippen molar-refractivity contribution in [1.29, 1.82) is 5.26 Å². The Morgan fingerprint density at radius 3 is 2.65 bits per heavy atom. The predicted octanol–water partition coefficient (Wildman–Crippen LogP) is 2.42. The molecular formula is C13H15N3O4. The van der Waals surface area contributed by atoms with Crippen LogP contribution in [-0.2, 0) is 0 Å². The second-order valence-electron chi connectivity index (χ2n) is 4.46. The summed E-state index contributed by atoms with van der Waals surface area (Å²) < 4.78 is 0. The number of hydrogen-bond acceptors (Lipinski definition) is 5. The molecule has 0 bridgehead atoms. The van der Waals surface area contributed by atoms with Gasteiger partial charge in [0.15, 0.2) is 0 Å². The van der Waals surface area contributed by atoms with Crippen molar-refractivity contribution in [1.82, 2.24) is 0 Å². The second kappa shape index (κ2) is 6.52. The highest BCUT2D eigenvalue weighted by Gasteiger charge is 2.21. The van der Waals surface area contributed by atoms with Gasteiger partial charge in [-0.25, -0.2) is 4.79 Å². The predicted molar refractivity (Wildman–Crippen MR) is 72.8 cm³/mol. The summed E-state index contributed by atoms with van der Waals surface area (Å²) in [6.07, 6.45) is 0.208. The number of nitro groups is 1. The summed E-state index contributed by atoms with van der Waals surface area (Å²) in [6, 6.07) is 5.52. The van der Waals surface area contributed by atoms with Crippen LogP contribution in [0.2, 0.25) is 0 Å². The summed E-state index contributed by atoms with van der Waals surface area (Å²) in [5.41, 5.74) is 0.0757. The highest BCUT2D eigenvalue weighted by atomic mass is 16.6. The average molecular weight is 277 g/mol.